The molecule has 12 heavy (non-hydrogen) atoms. The number of aromatic amines is 1. The molecule has 3 nitrogen and oxygen atoms in total. The molecule has 2 rings (SSSR count). The van der Waals surface area contributed by atoms with Gasteiger partial charge in [-0.05, 0) is 22.0 Å². The van der Waals surface area contributed by atoms with E-state index in [1.54, 1.807) is 0 Å². The Morgan fingerprint density at radius 3 is 3.00 bits per heavy atom. The molecule has 0 bridgehead atoms. The standard InChI is InChI=1S/C7H3BrFNO2/c8-4-1-3-6(2-5(4)9)12-10-7(3)11/h1-2H,(H,10,11). The van der Waals surface area contributed by atoms with E-state index in [1.807, 2.05) is 0 Å². The van der Waals surface area contributed by atoms with Crippen LogP contribution in [0, 0.1) is 5.82 Å². The number of fused-ring (bicyclic) bond motifs is 1. The lowest BCUT2D eigenvalue weighted by atomic mass is 10.2. The Morgan fingerprint density at radius 1 is 1.50 bits per heavy atom. The fourth-order valence-electron chi connectivity index (χ4n) is 0.947. The maximum absolute atomic E-state index is 12.8. The molecule has 0 aliphatic heterocycles. The van der Waals surface area contributed by atoms with Crippen LogP contribution in [0.25, 0.3) is 11.0 Å². The normalized spacial score (nSPS) is 10.8. The number of rotatable bonds is 0. The largest absolute Gasteiger partial charge is 0.378 e. The Bertz CT molecular complexity index is 488. The smallest absolute Gasteiger partial charge is 0.287 e. The van der Waals surface area contributed by atoms with E-state index in [0.29, 0.717) is 5.39 Å². The minimum atomic E-state index is -0.453. The second-order valence-electron chi connectivity index (χ2n) is 2.30. The van der Waals surface area contributed by atoms with E-state index in [9.17, 15) is 9.18 Å². The van der Waals surface area contributed by atoms with Gasteiger partial charge in [-0.15, -0.1) is 0 Å². The van der Waals surface area contributed by atoms with E-state index >= 15 is 0 Å². The first-order chi connectivity index (χ1) is 5.68. The quantitative estimate of drug-likeness (QED) is 0.755. The number of H-pyrrole nitrogens is 1. The molecule has 2 aromatic rings. The van der Waals surface area contributed by atoms with Gasteiger partial charge in [0.2, 0.25) is 0 Å². The first kappa shape index (κ1) is 7.54. The van der Waals surface area contributed by atoms with Crippen LogP contribution in [0.3, 0.4) is 0 Å². The second kappa shape index (κ2) is 2.45. The van der Waals surface area contributed by atoms with Crippen LogP contribution >= 0.6 is 15.9 Å². The highest BCUT2D eigenvalue weighted by molar-refractivity contribution is 9.10. The molecule has 1 heterocycles. The van der Waals surface area contributed by atoms with E-state index in [2.05, 4.69) is 25.6 Å². The maximum Gasteiger partial charge on any atom is 0.287 e. The number of benzene rings is 1. The lowest BCUT2D eigenvalue weighted by molar-refractivity contribution is 0.447. The molecule has 0 radical (unpaired) electrons. The van der Waals surface area contributed by atoms with Crippen molar-refractivity contribution in [2.24, 2.45) is 0 Å². The number of nitrogens with one attached hydrogen (secondary N) is 1. The van der Waals surface area contributed by atoms with Crippen molar-refractivity contribution in [3.8, 4) is 0 Å². The minimum Gasteiger partial charge on any atom is -0.378 e. The third kappa shape index (κ3) is 0.972. The highest BCUT2D eigenvalue weighted by Crippen LogP contribution is 2.20. The van der Waals surface area contributed by atoms with E-state index in [1.165, 1.54) is 6.07 Å². The lowest BCUT2D eigenvalue weighted by Gasteiger charge is -1.90. The van der Waals surface area contributed by atoms with Crippen molar-refractivity contribution >= 4 is 26.9 Å². The van der Waals surface area contributed by atoms with Crippen LogP contribution in [0.15, 0.2) is 25.9 Å². The molecule has 62 valence electrons. The maximum atomic E-state index is 12.8. The summed E-state index contributed by atoms with van der Waals surface area (Å²) in [7, 11) is 0. The molecule has 0 atom stereocenters. The van der Waals surface area contributed by atoms with Crippen molar-refractivity contribution in [3.05, 3.63) is 32.8 Å². The zero-order chi connectivity index (χ0) is 8.72. The Balaban J connectivity index is 2.97. The SMILES string of the molecule is O=c1[nH]oc2cc(F)c(Br)cc12. The summed E-state index contributed by atoms with van der Waals surface area (Å²) < 4.78 is 17.8. The summed E-state index contributed by atoms with van der Waals surface area (Å²) >= 11 is 2.97. The molecule has 1 N–H and O–H groups in total. The topological polar surface area (TPSA) is 46.0 Å². The summed E-state index contributed by atoms with van der Waals surface area (Å²) in [6.07, 6.45) is 0. The lowest BCUT2D eigenvalue weighted by Crippen LogP contribution is -1.96. The second-order valence-corrected chi connectivity index (χ2v) is 3.15. The van der Waals surface area contributed by atoms with E-state index in [0.717, 1.165) is 6.07 Å². The Morgan fingerprint density at radius 2 is 2.25 bits per heavy atom. The number of aromatic nitrogens is 1. The number of hydrogen-bond donors (Lipinski definition) is 1. The minimum absolute atomic E-state index is 0.223. The first-order valence-corrected chi connectivity index (χ1v) is 3.94. The Labute approximate surface area is 74.3 Å². The predicted octanol–water partition coefficient (Wildman–Crippen LogP) is 2.02. The van der Waals surface area contributed by atoms with Crippen molar-refractivity contribution in [2.75, 3.05) is 0 Å². The molecule has 0 saturated heterocycles. The molecule has 0 saturated carbocycles. The van der Waals surface area contributed by atoms with Gasteiger partial charge in [0.15, 0.2) is 5.58 Å². The van der Waals surface area contributed by atoms with Gasteiger partial charge in [-0.2, -0.15) is 5.16 Å². The van der Waals surface area contributed by atoms with Gasteiger partial charge in [0, 0.05) is 6.07 Å². The average molecular weight is 232 g/mol. The van der Waals surface area contributed by atoms with Crippen molar-refractivity contribution < 1.29 is 8.91 Å². The summed E-state index contributed by atoms with van der Waals surface area (Å²) in [4.78, 5) is 10.9. The van der Waals surface area contributed by atoms with Crippen molar-refractivity contribution in [1.29, 1.82) is 0 Å². The highest BCUT2D eigenvalue weighted by atomic mass is 79.9. The molecular formula is C7H3BrFNO2. The number of halogens is 2. The van der Waals surface area contributed by atoms with Crippen molar-refractivity contribution in [2.45, 2.75) is 0 Å². The first-order valence-electron chi connectivity index (χ1n) is 3.15. The van der Waals surface area contributed by atoms with Gasteiger partial charge in [0.05, 0.1) is 9.86 Å². The molecule has 1 aromatic carbocycles. The summed E-state index contributed by atoms with van der Waals surface area (Å²) in [6.45, 7) is 0. The molecule has 0 aliphatic rings. The van der Waals surface area contributed by atoms with Gasteiger partial charge in [0.25, 0.3) is 5.56 Å². The van der Waals surface area contributed by atoms with Gasteiger partial charge in [-0.1, -0.05) is 0 Å². The van der Waals surface area contributed by atoms with Gasteiger partial charge in [-0.25, -0.2) is 4.39 Å². The molecule has 0 amide bonds. The van der Waals surface area contributed by atoms with E-state index in [4.69, 9.17) is 0 Å². The molecule has 0 unspecified atom stereocenters. The predicted molar refractivity (Wildman–Crippen MR) is 44.5 cm³/mol. The van der Waals surface area contributed by atoms with Gasteiger partial charge >= 0.3 is 0 Å². The number of hydrogen-bond acceptors (Lipinski definition) is 2. The van der Waals surface area contributed by atoms with Crippen molar-refractivity contribution in [1.82, 2.24) is 5.16 Å². The molecule has 0 spiro atoms. The van der Waals surface area contributed by atoms with E-state index in [-0.39, 0.29) is 15.6 Å². The molecule has 1 aromatic heterocycles. The summed E-state index contributed by atoms with van der Waals surface area (Å²) in [5.74, 6) is -0.453. The Kier molecular flexibility index (Phi) is 1.54. The van der Waals surface area contributed by atoms with Crippen LogP contribution in [0.5, 0.6) is 0 Å². The summed E-state index contributed by atoms with van der Waals surface area (Å²) in [6, 6.07) is 2.53. The zero-order valence-corrected chi connectivity index (χ0v) is 7.31. The molecule has 0 fully saturated rings. The molecule has 0 aliphatic carbocycles. The summed E-state index contributed by atoms with van der Waals surface area (Å²) in [5.41, 5.74) is -0.133. The van der Waals surface area contributed by atoms with Gasteiger partial charge in [-0.3, -0.25) is 4.79 Å². The van der Waals surface area contributed by atoms with Crippen LogP contribution < -0.4 is 5.56 Å². The van der Waals surface area contributed by atoms with Gasteiger partial charge < -0.3 is 4.52 Å². The van der Waals surface area contributed by atoms with Crippen LogP contribution in [0.4, 0.5) is 4.39 Å². The van der Waals surface area contributed by atoms with E-state index < -0.39 is 5.82 Å². The van der Waals surface area contributed by atoms with Crippen LogP contribution in [0.1, 0.15) is 0 Å². The monoisotopic (exact) mass is 231 g/mol. The average Bonchev–Trinajstić information content (AvgIpc) is 2.35. The third-order valence-corrected chi connectivity index (χ3v) is 2.13. The molecular weight excluding hydrogens is 229 g/mol. The molecule has 5 heteroatoms. The zero-order valence-electron chi connectivity index (χ0n) is 5.73. The van der Waals surface area contributed by atoms with Gasteiger partial charge in [0.1, 0.15) is 5.82 Å². The highest BCUT2D eigenvalue weighted by Gasteiger charge is 2.07. The fraction of sp³-hybridized carbons (Fsp3) is 0. The van der Waals surface area contributed by atoms with Crippen LogP contribution in [0.2, 0.25) is 0 Å². The summed E-state index contributed by atoms with van der Waals surface area (Å²) in [5, 5.41) is 2.45. The van der Waals surface area contributed by atoms with Crippen molar-refractivity contribution in [3.63, 3.8) is 0 Å². The fourth-order valence-corrected chi connectivity index (χ4v) is 1.29. The van der Waals surface area contributed by atoms with Crippen LogP contribution in [-0.2, 0) is 0 Å². The third-order valence-electron chi connectivity index (χ3n) is 1.52. The van der Waals surface area contributed by atoms with Crippen LogP contribution in [-0.4, -0.2) is 5.16 Å². The Hall–Kier alpha value is -1.10.